The molecule has 0 fully saturated rings. The highest BCUT2D eigenvalue weighted by Gasteiger charge is 2.44. The Hall–Kier alpha value is -4.21. The average molecular weight is 610 g/mol. The van der Waals surface area contributed by atoms with Crippen molar-refractivity contribution in [2.45, 2.75) is 53.1 Å². The summed E-state index contributed by atoms with van der Waals surface area (Å²) in [5.41, 5.74) is 4.39. The second-order valence-electron chi connectivity index (χ2n) is 11.6. The van der Waals surface area contributed by atoms with E-state index in [2.05, 4.69) is 81.2 Å². The summed E-state index contributed by atoms with van der Waals surface area (Å²) in [6, 6.07) is 19.7. The molecule has 0 saturated carbocycles. The zero-order valence-electron chi connectivity index (χ0n) is 25.1. The van der Waals surface area contributed by atoms with Crippen LogP contribution in [0.1, 0.15) is 58.6 Å². The molecule has 1 unspecified atom stereocenters. The van der Waals surface area contributed by atoms with Gasteiger partial charge in [0, 0.05) is 29.9 Å². The predicted molar refractivity (Wildman–Crippen MR) is 174 cm³/mol. The van der Waals surface area contributed by atoms with E-state index < -0.39 is 5.60 Å². The molecule has 1 heterocycles. The molecule has 1 aliphatic heterocycles. The predicted octanol–water partition coefficient (Wildman–Crippen LogP) is 9.59. The quantitative estimate of drug-likeness (QED) is 0.292. The molecule has 2 aromatic carbocycles. The summed E-state index contributed by atoms with van der Waals surface area (Å²) in [5.74, 6) is -0.0275. The van der Waals surface area contributed by atoms with Gasteiger partial charge >= 0.3 is 0 Å². The topological polar surface area (TPSA) is 83.8 Å². The molecule has 5 nitrogen and oxygen atoms in total. The molecule has 0 saturated heterocycles. The van der Waals surface area contributed by atoms with Crippen LogP contribution in [0.15, 0.2) is 94.3 Å². The van der Waals surface area contributed by atoms with Crippen LogP contribution in [0.3, 0.4) is 0 Å². The van der Waals surface area contributed by atoms with E-state index in [9.17, 15) is 15.8 Å². The second-order valence-corrected chi connectivity index (χ2v) is 12.5. The molecule has 0 radical (unpaired) electrons. The number of halogens is 2. The van der Waals surface area contributed by atoms with E-state index in [4.69, 9.17) is 27.9 Å². The molecule has 1 aliphatic carbocycles. The first kappa shape index (κ1) is 31.7. The number of anilines is 1. The summed E-state index contributed by atoms with van der Waals surface area (Å²) in [4.78, 5) is 2.32. The van der Waals surface area contributed by atoms with Gasteiger partial charge < -0.3 is 9.64 Å². The minimum Gasteiger partial charge on any atom is -0.474 e. The third kappa shape index (κ3) is 6.73. The van der Waals surface area contributed by atoms with E-state index in [1.807, 2.05) is 25.1 Å². The lowest BCUT2D eigenvalue weighted by molar-refractivity contribution is 0.0754. The smallest absolute Gasteiger partial charge is 0.172 e. The van der Waals surface area contributed by atoms with Crippen LogP contribution in [-0.4, -0.2) is 13.1 Å². The Morgan fingerprint density at radius 2 is 1.60 bits per heavy atom. The van der Waals surface area contributed by atoms with Gasteiger partial charge in [0.15, 0.2) is 16.9 Å². The van der Waals surface area contributed by atoms with Crippen LogP contribution in [0, 0.1) is 39.4 Å². The van der Waals surface area contributed by atoms with E-state index in [-0.39, 0.29) is 22.3 Å². The Morgan fingerprint density at radius 3 is 2.19 bits per heavy atom. The highest BCUT2D eigenvalue weighted by Crippen LogP contribution is 2.49. The summed E-state index contributed by atoms with van der Waals surface area (Å²) in [5, 5.41) is 30.3. The number of ether oxygens (including phenoxy) is 1. The van der Waals surface area contributed by atoms with Crippen molar-refractivity contribution < 1.29 is 4.74 Å². The van der Waals surface area contributed by atoms with Crippen molar-refractivity contribution >= 4 is 35.0 Å². The van der Waals surface area contributed by atoms with Gasteiger partial charge in [-0.15, -0.1) is 0 Å². The Bertz CT molecular complexity index is 1680. The molecule has 4 rings (SSSR count). The number of allylic oxidation sites excluding steroid dienone is 6. The third-order valence-electron chi connectivity index (χ3n) is 7.93. The van der Waals surface area contributed by atoms with E-state index in [1.165, 1.54) is 5.69 Å². The maximum atomic E-state index is 10.3. The molecule has 0 bridgehead atoms. The largest absolute Gasteiger partial charge is 0.474 e. The Labute approximate surface area is 264 Å². The summed E-state index contributed by atoms with van der Waals surface area (Å²) in [6.07, 6.45) is 10.1. The van der Waals surface area contributed by atoms with E-state index in [0.717, 1.165) is 42.6 Å². The lowest BCUT2D eigenvalue weighted by Gasteiger charge is -2.32. The van der Waals surface area contributed by atoms with Gasteiger partial charge in [-0.2, -0.15) is 15.8 Å². The number of nitriles is 3. The first-order valence-electron chi connectivity index (χ1n) is 14.3. The number of rotatable bonds is 7. The van der Waals surface area contributed by atoms with Gasteiger partial charge in [0.1, 0.15) is 23.8 Å². The summed E-state index contributed by atoms with van der Waals surface area (Å²) in [7, 11) is 0. The molecule has 0 N–H and O–H groups in total. The molecule has 0 amide bonds. The average Bonchev–Trinajstić information content (AvgIpc) is 3.26. The van der Waals surface area contributed by atoms with Crippen LogP contribution < -0.4 is 4.90 Å². The van der Waals surface area contributed by atoms with Crippen molar-refractivity contribution in [2.75, 3.05) is 18.0 Å². The lowest BCUT2D eigenvalue weighted by Crippen LogP contribution is -2.24. The van der Waals surface area contributed by atoms with Crippen molar-refractivity contribution in [3.05, 3.63) is 115 Å². The van der Waals surface area contributed by atoms with Gasteiger partial charge in [-0.25, -0.2) is 0 Å². The fourth-order valence-electron chi connectivity index (χ4n) is 5.78. The first-order chi connectivity index (χ1) is 20.5. The van der Waals surface area contributed by atoms with Gasteiger partial charge in [0.25, 0.3) is 0 Å². The molecular weight excluding hydrogens is 575 g/mol. The zero-order chi connectivity index (χ0) is 31.4. The van der Waals surface area contributed by atoms with Crippen molar-refractivity contribution in [2.24, 2.45) is 5.41 Å². The van der Waals surface area contributed by atoms with E-state index in [1.54, 1.807) is 18.2 Å². The van der Waals surface area contributed by atoms with Crippen molar-refractivity contribution in [3.8, 4) is 18.2 Å². The highest BCUT2D eigenvalue weighted by molar-refractivity contribution is 6.42. The normalized spacial score (nSPS) is 20.3. The summed E-state index contributed by atoms with van der Waals surface area (Å²) < 4.78 is 6.31. The molecule has 1 atom stereocenters. The Kier molecular flexibility index (Phi) is 9.57. The van der Waals surface area contributed by atoms with Crippen LogP contribution in [-0.2, 0) is 10.3 Å². The molecule has 0 aromatic heterocycles. The minimum atomic E-state index is -1.18. The van der Waals surface area contributed by atoms with Crippen LogP contribution >= 0.6 is 23.2 Å². The van der Waals surface area contributed by atoms with Gasteiger partial charge in [0.05, 0.1) is 10.0 Å². The maximum absolute atomic E-state index is 10.3. The molecule has 2 aromatic rings. The van der Waals surface area contributed by atoms with Crippen LogP contribution in [0.25, 0.3) is 6.08 Å². The molecule has 7 heteroatoms. The number of nitrogens with zero attached hydrogens (tertiary/aromatic N) is 4. The molecule has 0 spiro atoms. The van der Waals surface area contributed by atoms with Gasteiger partial charge in [-0.05, 0) is 86.1 Å². The van der Waals surface area contributed by atoms with E-state index in [0.29, 0.717) is 21.2 Å². The minimum absolute atomic E-state index is 0.0275. The second kappa shape index (κ2) is 13.0. The number of hydrogen-bond acceptors (Lipinski definition) is 5. The zero-order valence-corrected chi connectivity index (χ0v) is 26.6. The lowest BCUT2D eigenvalue weighted by atomic mass is 9.74. The fourth-order valence-corrected chi connectivity index (χ4v) is 6.08. The Balaban J connectivity index is 1.81. The maximum Gasteiger partial charge on any atom is 0.172 e. The molecule has 218 valence electrons. The van der Waals surface area contributed by atoms with Crippen LogP contribution in [0.2, 0.25) is 10.0 Å². The van der Waals surface area contributed by atoms with Crippen LogP contribution in [0.5, 0.6) is 0 Å². The molecule has 2 aliphatic rings. The third-order valence-corrected chi connectivity index (χ3v) is 8.67. The van der Waals surface area contributed by atoms with Gasteiger partial charge in [-0.3, -0.25) is 0 Å². The van der Waals surface area contributed by atoms with Crippen molar-refractivity contribution in [3.63, 3.8) is 0 Å². The Morgan fingerprint density at radius 1 is 0.930 bits per heavy atom. The van der Waals surface area contributed by atoms with Crippen LogP contribution in [0.4, 0.5) is 5.69 Å². The highest BCUT2D eigenvalue weighted by atomic mass is 35.5. The molecule has 43 heavy (non-hydrogen) atoms. The van der Waals surface area contributed by atoms with Crippen molar-refractivity contribution in [1.29, 1.82) is 15.8 Å². The van der Waals surface area contributed by atoms with Crippen molar-refractivity contribution in [1.82, 2.24) is 0 Å². The molecular formula is C36H34Cl2N4O. The summed E-state index contributed by atoms with van der Waals surface area (Å²) in [6.45, 7) is 12.5. The fraction of sp³-hybridized carbons (Fsp3) is 0.306. The monoisotopic (exact) mass is 608 g/mol. The van der Waals surface area contributed by atoms with Gasteiger partial charge in [-0.1, -0.05) is 73.5 Å². The number of hydrogen-bond donors (Lipinski definition) is 0. The summed E-state index contributed by atoms with van der Waals surface area (Å²) >= 11 is 12.6. The van der Waals surface area contributed by atoms with Gasteiger partial charge in [0.2, 0.25) is 0 Å². The SMILES string of the molecule is CCN(CC)c1ccc(/C=C/C2=CC(=C/C3=C(C#N)C(=C(C#N)C#N)OC3(C)c3ccc(Cl)c(Cl)c3)/CC(C)(C)C2)cc1. The standard InChI is InChI=1S/C36H34Cl2N4O/c1-6-42(7-2)29-13-10-24(11-14-29)8-9-25-16-26(20-35(3,4)19-25)17-31-30(23-41)34(27(21-39)22-40)43-36(31,5)28-12-15-32(37)33(38)18-28/h8-18H,6-7,19-20H2,1-5H3/b9-8+,26-17-. The first-order valence-corrected chi connectivity index (χ1v) is 15.0. The van der Waals surface area contributed by atoms with E-state index >= 15 is 0 Å². The number of benzene rings is 2.